The molecule has 0 saturated heterocycles. The average molecular weight is 433 g/mol. The number of hydrogen-bond donors (Lipinski definition) is 1. The van der Waals surface area contributed by atoms with Crippen molar-refractivity contribution in [3.8, 4) is 0 Å². The second-order valence-corrected chi connectivity index (χ2v) is 9.31. The molecule has 1 N–H and O–H groups in total. The predicted octanol–water partition coefficient (Wildman–Crippen LogP) is 4.54. The van der Waals surface area contributed by atoms with Crippen LogP contribution in [0.5, 0.6) is 0 Å². The van der Waals surface area contributed by atoms with Crippen LogP contribution in [-0.2, 0) is 14.8 Å². The number of carbonyl (C=O) groups excluding carboxylic acids is 1. The van der Waals surface area contributed by atoms with Crippen LogP contribution in [0, 0.1) is 0 Å². The van der Waals surface area contributed by atoms with Crippen molar-refractivity contribution in [3.63, 3.8) is 0 Å². The number of amides is 1. The van der Waals surface area contributed by atoms with E-state index in [0.29, 0.717) is 17.3 Å². The summed E-state index contributed by atoms with van der Waals surface area (Å²) in [6.07, 6.45) is 7.65. The predicted molar refractivity (Wildman–Crippen MR) is 117 cm³/mol. The highest BCUT2D eigenvalue weighted by molar-refractivity contribution is 7.92. The van der Waals surface area contributed by atoms with E-state index in [9.17, 15) is 13.2 Å². The van der Waals surface area contributed by atoms with Gasteiger partial charge in [-0.2, -0.15) is 0 Å². The highest BCUT2D eigenvalue weighted by Gasteiger charge is 2.27. The third kappa shape index (κ3) is 5.84. The van der Waals surface area contributed by atoms with E-state index in [2.05, 4.69) is 11.4 Å². The molecule has 0 bridgehead atoms. The first-order chi connectivity index (χ1) is 14.0. The van der Waals surface area contributed by atoms with Crippen molar-refractivity contribution in [1.29, 1.82) is 0 Å². The second-order valence-electron chi connectivity index (χ2n) is 7.01. The van der Waals surface area contributed by atoms with E-state index >= 15 is 0 Å². The van der Waals surface area contributed by atoms with E-state index in [1.54, 1.807) is 42.5 Å². The number of hydrogen-bond acceptors (Lipinski definition) is 3. The van der Waals surface area contributed by atoms with E-state index in [1.807, 2.05) is 0 Å². The summed E-state index contributed by atoms with van der Waals surface area (Å²) in [5.41, 5.74) is 1.76. The molecule has 2 aromatic carbocycles. The van der Waals surface area contributed by atoms with Crippen molar-refractivity contribution in [2.24, 2.45) is 0 Å². The number of anilines is 1. The van der Waals surface area contributed by atoms with Crippen LogP contribution in [0.15, 0.2) is 71.1 Å². The molecular weight excluding hydrogens is 408 g/mol. The lowest BCUT2D eigenvalue weighted by Crippen LogP contribution is -2.41. The maximum atomic E-state index is 13.2. The van der Waals surface area contributed by atoms with Crippen molar-refractivity contribution in [1.82, 2.24) is 5.32 Å². The Hall–Kier alpha value is -2.31. The molecule has 1 aliphatic carbocycles. The van der Waals surface area contributed by atoms with Crippen LogP contribution in [0.2, 0.25) is 5.02 Å². The van der Waals surface area contributed by atoms with Crippen molar-refractivity contribution in [2.75, 3.05) is 17.4 Å². The van der Waals surface area contributed by atoms with Crippen LogP contribution in [0.4, 0.5) is 5.69 Å². The van der Waals surface area contributed by atoms with E-state index in [4.69, 9.17) is 11.6 Å². The van der Waals surface area contributed by atoms with Gasteiger partial charge in [0.15, 0.2) is 0 Å². The van der Waals surface area contributed by atoms with Crippen molar-refractivity contribution in [3.05, 3.63) is 71.3 Å². The molecule has 0 heterocycles. The topological polar surface area (TPSA) is 66.5 Å². The van der Waals surface area contributed by atoms with Gasteiger partial charge in [0.25, 0.3) is 10.0 Å². The number of sulfonamides is 1. The van der Waals surface area contributed by atoms with E-state index in [-0.39, 0.29) is 17.3 Å². The van der Waals surface area contributed by atoms with E-state index in [0.717, 1.165) is 23.6 Å². The molecule has 0 unspecified atom stereocenters. The Bertz CT molecular complexity index is 957. The molecule has 1 aliphatic rings. The van der Waals surface area contributed by atoms with Gasteiger partial charge in [0.05, 0.1) is 10.6 Å². The molecule has 2 aromatic rings. The minimum atomic E-state index is -3.89. The molecule has 29 heavy (non-hydrogen) atoms. The Labute approximate surface area is 177 Å². The lowest BCUT2D eigenvalue weighted by Gasteiger charge is -2.24. The minimum absolute atomic E-state index is 0.134. The molecule has 7 heteroatoms. The number of nitrogens with one attached hydrogen (secondary N) is 1. The zero-order valence-corrected chi connectivity index (χ0v) is 17.8. The van der Waals surface area contributed by atoms with Crippen molar-refractivity contribution >= 4 is 33.2 Å². The van der Waals surface area contributed by atoms with Gasteiger partial charge in [0.2, 0.25) is 5.91 Å². The molecule has 154 valence electrons. The highest BCUT2D eigenvalue weighted by atomic mass is 35.5. The maximum Gasteiger partial charge on any atom is 0.264 e. The van der Waals surface area contributed by atoms with Crippen LogP contribution >= 0.6 is 11.6 Å². The second kappa shape index (κ2) is 9.94. The Kier molecular flexibility index (Phi) is 7.34. The molecule has 0 radical (unpaired) electrons. The van der Waals surface area contributed by atoms with Crippen LogP contribution in [0.1, 0.15) is 32.1 Å². The minimum Gasteiger partial charge on any atom is -0.354 e. The van der Waals surface area contributed by atoms with Gasteiger partial charge in [-0.05, 0) is 68.5 Å². The molecule has 1 amide bonds. The fourth-order valence-corrected chi connectivity index (χ4v) is 4.89. The Morgan fingerprint density at radius 2 is 1.76 bits per heavy atom. The van der Waals surface area contributed by atoms with Gasteiger partial charge < -0.3 is 5.32 Å². The molecule has 0 aromatic heterocycles. The quantitative estimate of drug-likeness (QED) is 0.622. The summed E-state index contributed by atoms with van der Waals surface area (Å²) in [6.45, 7) is 0.211. The third-order valence-electron chi connectivity index (χ3n) is 4.89. The molecule has 0 aliphatic heterocycles. The summed E-state index contributed by atoms with van der Waals surface area (Å²) in [7, 11) is -3.89. The van der Waals surface area contributed by atoms with Crippen LogP contribution < -0.4 is 9.62 Å². The molecule has 0 spiro atoms. The first kappa shape index (κ1) is 21.4. The van der Waals surface area contributed by atoms with E-state index < -0.39 is 10.0 Å². The Morgan fingerprint density at radius 3 is 2.41 bits per heavy atom. The lowest BCUT2D eigenvalue weighted by atomic mass is 9.97. The Morgan fingerprint density at radius 1 is 1.03 bits per heavy atom. The number of allylic oxidation sites excluding steroid dienone is 1. The van der Waals surface area contributed by atoms with Gasteiger partial charge >= 0.3 is 0 Å². The van der Waals surface area contributed by atoms with Crippen molar-refractivity contribution in [2.45, 2.75) is 37.0 Å². The average Bonchev–Trinajstić information content (AvgIpc) is 2.74. The molecule has 5 nitrogen and oxygen atoms in total. The molecule has 0 fully saturated rings. The van der Waals surface area contributed by atoms with Crippen LogP contribution in [0.3, 0.4) is 0 Å². The normalized spacial score (nSPS) is 14.2. The van der Waals surface area contributed by atoms with Crippen LogP contribution in [0.25, 0.3) is 0 Å². The first-order valence-corrected chi connectivity index (χ1v) is 11.6. The van der Waals surface area contributed by atoms with Gasteiger partial charge in [-0.3, -0.25) is 9.10 Å². The smallest absolute Gasteiger partial charge is 0.264 e. The SMILES string of the molecule is O=C(CN(c1ccc(Cl)cc1)S(=O)(=O)c1ccccc1)NCCC1=CCCCC1. The maximum absolute atomic E-state index is 13.2. The summed E-state index contributed by atoms with van der Waals surface area (Å²) < 4.78 is 27.5. The van der Waals surface area contributed by atoms with Gasteiger partial charge in [0, 0.05) is 11.6 Å². The third-order valence-corrected chi connectivity index (χ3v) is 6.93. The number of benzene rings is 2. The van der Waals surface area contributed by atoms with Gasteiger partial charge in [-0.25, -0.2) is 8.42 Å². The standard InChI is InChI=1S/C22H25ClN2O3S/c23-19-11-13-20(14-12-19)25(29(27,28)21-9-5-2-6-10-21)17-22(26)24-16-15-18-7-3-1-4-8-18/h2,5-7,9-14H,1,3-4,8,15-17H2,(H,24,26). The number of carbonyl (C=O) groups is 1. The van der Waals surface area contributed by atoms with E-state index in [1.165, 1.54) is 30.5 Å². The van der Waals surface area contributed by atoms with Crippen LogP contribution in [-0.4, -0.2) is 27.4 Å². The lowest BCUT2D eigenvalue weighted by molar-refractivity contribution is -0.119. The monoisotopic (exact) mass is 432 g/mol. The largest absolute Gasteiger partial charge is 0.354 e. The fourth-order valence-electron chi connectivity index (χ4n) is 3.32. The molecule has 0 atom stereocenters. The molecular formula is C22H25ClN2O3S. The summed E-state index contributed by atoms with van der Waals surface area (Å²) >= 11 is 5.94. The summed E-state index contributed by atoms with van der Waals surface area (Å²) in [6, 6.07) is 14.5. The molecule has 0 saturated carbocycles. The summed E-state index contributed by atoms with van der Waals surface area (Å²) in [5, 5.41) is 3.35. The molecule has 3 rings (SSSR count). The highest BCUT2D eigenvalue weighted by Crippen LogP contribution is 2.25. The van der Waals surface area contributed by atoms with Gasteiger partial charge in [-0.1, -0.05) is 41.4 Å². The zero-order chi connectivity index (χ0) is 20.7. The Balaban J connectivity index is 1.74. The number of rotatable bonds is 8. The zero-order valence-electron chi connectivity index (χ0n) is 16.2. The fraction of sp³-hybridized carbons (Fsp3) is 0.318. The van der Waals surface area contributed by atoms with Gasteiger partial charge in [-0.15, -0.1) is 0 Å². The summed E-state index contributed by atoms with van der Waals surface area (Å²) in [5.74, 6) is -0.337. The van der Waals surface area contributed by atoms with Crippen molar-refractivity contribution < 1.29 is 13.2 Å². The van der Waals surface area contributed by atoms with Gasteiger partial charge in [0.1, 0.15) is 6.54 Å². The number of halogens is 1. The first-order valence-electron chi connectivity index (χ1n) is 9.75. The summed E-state index contributed by atoms with van der Waals surface area (Å²) in [4.78, 5) is 12.7. The number of nitrogens with zero attached hydrogens (tertiary/aromatic N) is 1.